The van der Waals surface area contributed by atoms with Crippen LogP contribution < -0.4 is 10.1 Å². The average molecular weight is 355 g/mol. The first-order chi connectivity index (χ1) is 9.72. The van der Waals surface area contributed by atoms with Gasteiger partial charge in [0, 0.05) is 6.07 Å². The molecule has 8 heteroatoms. The first kappa shape index (κ1) is 17.9. The summed E-state index contributed by atoms with van der Waals surface area (Å²) in [6.07, 6.45) is 0. The Morgan fingerprint density at radius 1 is 1.19 bits per heavy atom. The molecule has 0 aliphatic carbocycles. The molecule has 0 spiro atoms. The molecule has 1 amide bonds. The van der Waals surface area contributed by atoms with Crippen LogP contribution >= 0.6 is 34.8 Å². The number of aliphatic carboxylic acids is 1. The van der Waals surface area contributed by atoms with Crippen LogP contribution in [0.15, 0.2) is 12.1 Å². The van der Waals surface area contributed by atoms with Gasteiger partial charge in [0.1, 0.15) is 11.8 Å². The van der Waals surface area contributed by atoms with Crippen molar-refractivity contribution in [2.24, 2.45) is 5.92 Å². The molecule has 5 nitrogen and oxygen atoms in total. The van der Waals surface area contributed by atoms with E-state index in [9.17, 15) is 9.59 Å². The van der Waals surface area contributed by atoms with Crippen LogP contribution in [0, 0.1) is 5.92 Å². The lowest BCUT2D eigenvalue weighted by Crippen LogP contribution is -2.46. The van der Waals surface area contributed by atoms with Crippen LogP contribution in [-0.2, 0) is 9.59 Å². The maximum atomic E-state index is 11.7. The second kappa shape index (κ2) is 7.73. The first-order valence-corrected chi connectivity index (χ1v) is 7.15. The predicted molar refractivity (Wildman–Crippen MR) is 81.4 cm³/mol. The molecule has 2 N–H and O–H groups in total. The Balaban J connectivity index is 2.65. The third-order valence-corrected chi connectivity index (χ3v) is 3.60. The highest BCUT2D eigenvalue weighted by Gasteiger charge is 2.23. The third kappa shape index (κ3) is 5.26. The second-order valence-corrected chi connectivity index (χ2v) is 5.83. The maximum Gasteiger partial charge on any atom is 0.326 e. The molecule has 116 valence electrons. The number of hydrogen-bond donors (Lipinski definition) is 2. The van der Waals surface area contributed by atoms with Crippen molar-refractivity contribution in [1.82, 2.24) is 5.32 Å². The third-order valence-electron chi connectivity index (χ3n) is 2.58. The molecule has 1 rings (SSSR count). The van der Waals surface area contributed by atoms with Crippen molar-refractivity contribution >= 4 is 46.7 Å². The van der Waals surface area contributed by atoms with E-state index in [0.29, 0.717) is 0 Å². The van der Waals surface area contributed by atoms with Crippen molar-refractivity contribution in [2.75, 3.05) is 6.61 Å². The summed E-state index contributed by atoms with van der Waals surface area (Å²) in [5.41, 5.74) is 0. The molecule has 0 aromatic heterocycles. The van der Waals surface area contributed by atoms with Gasteiger partial charge in [-0.3, -0.25) is 4.79 Å². The zero-order valence-corrected chi connectivity index (χ0v) is 13.6. The van der Waals surface area contributed by atoms with Crippen molar-refractivity contribution in [1.29, 1.82) is 0 Å². The SMILES string of the molecule is CC(C)[C@@H](NC(=O)COc1cc(Cl)c(Cl)cc1Cl)C(=O)O. The fourth-order valence-electron chi connectivity index (χ4n) is 1.49. The Hall–Kier alpha value is -1.17. The lowest BCUT2D eigenvalue weighted by Gasteiger charge is -2.18. The number of carbonyl (C=O) groups excluding carboxylic acids is 1. The van der Waals surface area contributed by atoms with Crippen molar-refractivity contribution in [3.63, 3.8) is 0 Å². The van der Waals surface area contributed by atoms with Crippen LogP contribution in [0.1, 0.15) is 13.8 Å². The Kier molecular flexibility index (Phi) is 6.58. The van der Waals surface area contributed by atoms with Gasteiger partial charge in [-0.1, -0.05) is 48.7 Å². The van der Waals surface area contributed by atoms with E-state index in [4.69, 9.17) is 44.6 Å². The van der Waals surface area contributed by atoms with E-state index in [2.05, 4.69) is 5.32 Å². The van der Waals surface area contributed by atoms with Crippen LogP contribution in [0.3, 0.4) is 0 Å². The fourth-order valence-corrected chi connectivity index (χ4v) is 2.08. The quantitative estimate of drug-likeness (QED) is 0.769. The first-order valence-electron chi connectivity index (χ1n) is 6.02. The normalized spacial score (nSPS) is 12.1. The smallest absolute Gasteiger partial charge is 0.326 e. The van der Waals surface area contributed by atoms with E-state index in [1.54, 1.807) is 13.8 Å². The molecule has 0 aliphatic heterocycles. The van der Waals surface area contributed by atoms with Gasteiger partial charge in [0.15, 0.2) is 6.61 Å². The highest BCUT2D eigenvalue weighted by atomic mass is 35.5. The summed E-state index contributed by atoms with van der Waals surface area (Å²) in [7, 11) is 0. The van der Waals surface area contributed by atoms with Gasteiger partial charge in [-0.2, -0.15) is 0 Å². The maximum absolute atomic E-state index is 11.7. The highest BCUT2D eigenvalue weighted by molar-refractivity contribution is 6.43. The Morgan fingerprint density at radius 3 is 2.29 bits per heavy atom. The summed E-state index contributed by atoms with van der Waals surface area (Å²) in [6, 6.07) is 1.80. The average Bonchev–Trinajstić information content (AvgIpc) is 2.37. The Labute approximate surface area is 137 Å². The van der Waals surface area contributed by atoms with Gasteiger partial charge < -0.3 is 15.2 Å². The van der Waals surface area contributed by atoms with Crippen LogP contribution in [0.5, 0.6) is 5.75 Å². The lowest BCUT2D eigenvalue weighted by atomic mass is 10.1. The van der Waals surface area contributed by atoms with Crippen molar-refractivity contribution in [3.05, 3.63) is 27.2 Å². The summed E-state index contributed by atoms with van der Waals surface area (Å²) < 4.78 is 5.21. The molecular formula is C13H14Cl3NO4. The molecule has 1 aromatic carbocycles. The summed E-state index contributed by atoms with van der Waals surface area (Å²) in [5.74, 6) is -1.73. The van der Waals surface area contributed by atoms with E-state index in [0.717, 1.165) is 0 Å². The number of carboxylic acid groups (broad SMARTS) is 1. The topological polar surface area (TPSA) is 75.6 Å². The summed E-state index contributed by atoms with van der Waals surface area (Å²) in [4.78, 5) is 22.7. The molecule has 0 heterocycles. The second-order valence-electron chi connectivity index (χ2n) is 4.61. The lowest BCUT2D eigenvalue weighted by molar-refractivity contribution is -0.143. The molecule has 1 aromatic rings. The minimum absolute atomic E-state index is 0.192. The van der Waals surface area contributed by atoms with Gasteiger partial charge in [-0.15, -0.1) is 0 Å². The minimum Gasteiger partial charge on any atom is -0.482 e. The van der Waals surface area contributed by atoms with Crippen molar-refractivity contribution < 1.29 is 19.4 Å². The monoisotopic (exact) mass is 353 g/mol. The van der Waals surface area contributed by atoms with E-state index >= 15 is 0 Å². The van der Waals surface area contributed by atoms with Gasteiger partial charge in [0.2, 0.25) is 0 Å². The van der Waals surface area contributed by atoms with Crippen molar-refractivity contribution in [3.8, 4) is 5.75 Å². The van der Waals surface area contributed by atoms with Gasteiger partial charge in [0.25, 0.3) is 5.91 Å². The standard InChI is InChI=1S/C13H14Cl3NO4/c1-6(2)12(13(19)20)17-11(18)5-21-10-4-8(15)7(14)3-9(10)16/h3-4,6,12H,5H2,1-2H3,(H,17,18)(H,19,20)/t12-/m1/s1. The highest BCUT2D eigenvalue weighted by Crippen LogP contribution is 2.33. The minimum atomic E-state index is -1.11. The van der Waals surface area contributed by atoms with Crippen LogP contribution in [0.25, 0.3) is 0 Å². The molecule has 1 atom stereocenters. The Morgan fingerprint density at radius 2 is 1.76 bits per heavy atom. The summed E-state index contributed by atoms with van der Waals surface area (Å²) in [6.45, 7) is 3.00. The largest absolute Gasteiger partial charge is 0.482 e. The molecule has 0 aliphatic rings. The van der Waals surface area contributed by atoms with Crippen molar-refractivity contribution in [2.45, 2.75) is 19.9 Å². The summed E-state index contributed by atoms with van der Waals surface area (Å²) in [5, 5.41) is 12.1. The van der Waals surface area contributed by atoms with Gasteiger partial charge in [0.05, 0.1) is 15.1 Å². The van der Waals surface area contributed by atoms with Crippen LogP contribution in [0.4, 0.5) is 0 Å². The van der Waals surface area contributed by atoms with E-state index in [1.165, 1.54) is 12.1 Å². The number of nitrogens with one attached hydrogen (secondary N) is 1. The molecule has 0 bridgehead atoms. The van der Waals surface area contributed by atoms with Gasteiger partial charge in [-0.05, 0) is 12.0 Å². The summed E-state index contributed by atoms with van der Waals surface area (Å²) >= 11 is 17.5. The number of carbonyl (C=O) groups is 2. The predicted octanol–water partition coefficient (Wildman–Crippen LogP) is 3.25. The number of rotatable bonds is 6. The molecule has 21 heavy (non-hydrogen) atoms. The van der Waals surface area contributed by atoms with E-state index < -0.39 is 17.9 Å². The number of ether oxygens (including phenoxy) is 1. The zero-order chi connectivity index (χ0) is 16.2. The Bertz CT molecular complexity index is 548. The van der Waals surface area contributed by atoms with E-state index in [1.807, 2.05) is 0 Å². The van der Waals surface area contributed by atoms with Gasteiger partial charge in [-0.25, -0.2) is 4.79 Å². The van der Waals surface area contributed by atoms with Gasteiger partial charge >= 0.3 is 5.97 Å². The zero-order valence-electron chi connectivity index (χ0n) is 11.3. The molecule has 0 unspecified atom stereocenters. The number of hydrogen-bond acceptors (Lipinski definition) is 3. The van der Waals surface area contributed by atoms with Crippen LogP contribution in [-0.4, -0.2) is 29.6 Å². The molecule has 0 saturated carbocycles. The number of carboxylic acids is 1. The molecular weight excluding hydrogens is 341 g/mol. The van der Waals surface area contributed by atoms with E-state index in [-0.39, 0.29) is 33.3 Å². The molecule has 0 radical (unpaired) electrons. The molecule has 0 fully saturated rings. The number of amides is 1. The number of benzene rings is 1. The number of halogens is 3. The molecule has 0 saturated heterocycles. The fraction of sp³-hybridized carbons (Fsp3) is 0.385. The van der Waals surface area contributed by atoms with Crippen LogP contribution in [0.2, 0.25) is 15.1 Å².